The van der Waals surface area contributed by atoms with E-state index in [1.165, 1.54) is 0 Å². The molecule has 4 aromatic rings. The highest BCUT2D eigenvalue weighted by molar-refractivity contribution is 5.74. The number of anilines is 1. The number of hydrogen-bond donors (Lipinski definition) is 2. The van der Waals surface area contributed by atoms with Crippen molar-refractivity contribution in [1.29, 1.82) is 5.26 Å². The Balaban J connectivity index is 1.39. The van der Waals surface area contributed by atoms with E-state index in [0.717, 1.165) is 41.9 Å². The molecule has 1 fully saturated rings. The van der Waals surface area contributed by atoms with Crippen molar-refractivity contribution >= 4 is 22.6 Å². The number of hydrogen-bond acceptors (Lipinski definition) is 7. The highest BCUT2D eigenvalue weighted by Gasteiger charge is 2.30. The van der Waals surface area contributed by atoms with E-state index in [2.05, 4.69) is 40.1 Å². The van der Waals surface area contributed by atoms with Gasteiger partial charge < -0.3 is 10.3 Å². The van der Waals surface area contributed by atoms with Crippen LogP contribution in [0.3, 0.4) is 0 Å². The quantitative estimate of drug-likeness (QED) is 0.582. The summed E-state index contributed by atoms with van der Waals surface area (Å²) in [5.74, 6) is 1.98. The summed E-state index contributed by atoms with van der Waals surface area (Å²) in [7, 11) is 0. The maximum absolute atomic E-state index is 8.80. The van der Waals surface area contributed by atoms with Gasteiger partial charge in [-0.25, -0.2) is 4.98 Å². The second-order valence-corrected chi connectivity index (χ2v) is 6.49. The third-order valence-electron chi connectivity index (χ3n) is 4.90. The smallest absolute Gasteiger partial charge is 0.179 e. The highest BCUT2D eigenvalue weighted by atomic mass is 15.3. The van der Waals surface area contributed by atoms with Gasteiger partial charge in [0.1, 0.15) is 17.7 Å². The lowest BCUT2D eigenvalue weighted by Gasteiger charge is -2.13. The van der Waals surface area contributed by atoms with Gasteiger partial charge in [-0.2, -0.15) is 5.26 Å². The van der Waals surface area contributed by atoms with E-state index in [1.807, 2.05) is 18.3 Å². The minimum absolute atomic E-state index is 0.290. The molecule has 1 aliphatic rings. The van der Waals surface area contributed by atoms with Crippen LogP contribution < -0.4 is 5.32 Å². The van der Waals surface area contributed by atoms with Crippen molar-refractivity contribution in [3.05, 3.63) is 42.1 Å². The number of aromatic amines is 1. The molecule has 0 radical (unpaired) electrons. The fourth-order valence-corrected chi connectivity index (χ4v) is 3.69. The van der Waals surface area contributed by atoms with Gasteiger partial charge in [-0.1, -0.05) is 0 Å². The molecule has 9 heteroatoms. The lowest BCUT2D eigenvalue weighted by atomic mass is 10.1. The van der Waals surface area contributed by atoms with Crippen molar-refractivity contribution in [2.75, 3.05) is 5.32 Å². The Hall–Kier alpha value is -3.54. The number of nitriles is 1. The molecule has 26 heavy (non-hydrogen) atoms. The Morgan fingerprint density at radius 3 is 2.96 bits per heavy atom. The van der Waals surface area contributed by atoms with Crippen LogP contribution in [0, 0.1) is 11.3 Å². The number of fused-ring (bicyclic) bond motifs is 3. The lowest BCUT2D eigenvalue weighted by Crippen LogP contribution is -2.17. The number of H-pyrrole nitrogens is 1. The standard InChI is InChI=1S/C17H15N9/c18-8-12-3-4-14(23-22-12)21-11-2-1-10(7-11)17-25-24-15-9-20-16-13(26(15)17)5-6-19-16/h3-6,9-11,19H,1-2,7H2,(H,21,23)/t10-,11?/m1/s1. The summed E-state index contributed by atoms with van der Waals surface area (Å²) >= 11 is 0. The van der Waals surface area contributed by atoms with Gasteiger partial charge in [0, 0.05) is 18.2 Å². The molecule has 0 bridgehead atoms. The van der Waals surface area contributed by atoms with E-state index >= 15 is 0 Å². The lowest BCUT2D eigenvalue weighted by molar-refractivity contribution is 0.650. The summed E-state index contributed by atoms with van der Waals surface area (Å²) in [6.07, 6.45) is 6.60. The summed E-state index contributed by atoms with van der Waals surface area (Å²) < 4.78 is 2.09. The number of nitrogens with one attached hydrogen (secondary N) is 2. The van der Waals surface area contributed by atoms with Crippen LogP contribution in [0.1, 0.15) is 36.7 Å². The fraction of sp³-hybridized carbons (Fsp3) is 0.294. The highest BCUT2D eigenvalue weighted by Crippen LogP contribution is 2.35. The van der Waals surface area contributed by atoms with Crippen molar-refractivity contribution in [3.63, 3.8) is 0 Å². The molecule has 0 aromatic carbocycles. The molecule has 0 aliphatic heterocycles. The van der Waals surface area contributed by atoms with Crippen LogP contribution in [-0.4, -0.2) is 40.8 Å². The Morgan fingerprint density at radius 1 is 1.15 bits per heavy atom. The molecule has 128 valence electrons. The molecule has 1 unspecified atom stereocenters. The van der Waals surface area contributed by atoms with Crippen LogP contribution in [-0.2, 0) is 0 Å². The molecular formula is C17H15N9. The second-order valence-electron chi connectivity index (χ2n) is 6.49. The third kappa shape index (κ3) is 2.35. The molecule has 5 rings (SSSR count). The first-order valence-electron chi connectivity index (χ1n) is 8.49. The normalized spacial score (nSPS) is 19.8. The summed E-state index contributed by atoms with van der Waals surface area (Å²) in [6, 6.07) is 7.73. The Kier molecular flexibility index (Phi) is 3.28. The SMILES string of the molecule is N#Cc1ccc(NC2CC[C@@H](c3nnc4cnc5[nH]ccc5n34)C2)nn1. The predicted octanol–water partition coefficient (Wildman–Crippen LogP) is 2.02. The monoisotopic (exact) mass is 345 g/mol. The number of rotatable bonds is 3. The van der Waals surface area contributed by atoms with Crippen molar-refractivity contribution in [2.45, 2.75) is 31.2 Å². The number of aromatic nitrogens is 7. The average molecular weight is 345 g/mol. The van der Waals surface area contributed by atoms with Crippen molar-refractivity contribution < 1.29 is 0 Å². The van der Waals surface area contributed by atoms with E-state index in [-0.39, 0.29) is 6.04 Å². The van der Waals surface area contributed by atoms with Crippen LogP contribution in [0.25, 0.3) is 16.8 Å². The summed E-state index contributed by atoms with van der Waals surface area (Å²) in [5, 5.41) is 28.9. The number of nitrogens with zero attached hydrogens (tertiary/aromatic N) is 7. The van der Waals surface area contributed by atoms with Crippen LogP contribution in [0.15, 0.2) is 30.6 Å². The average Bonchev–Trinajstić information content (AvgIpc) is 3.40. The fourth-order valence-electron chi connectivity index (χ4n) is 3.69. The second kappa shape index (κ2) is 5.77. The first-order chi connectivity index (χ1) is 12.8. The Bertz CT molecular complexity index is 1120. The molecular weight excluding hydrogens is 330 g/mol. The molecule has 2 atom stereocenters. The van der Waals surface area contributed by atoms with Crippen LogP contribution >= 0.6 is 0 Å². The Labute approximate surface area is 148 Å². The van der Waals surface area contributed by atoms with Crippen LogP contribution in [0.5, 0.6) is 0 Å². The van der Waals surface area contributed by atoms with Gasteiger partial charge in [0.05, 0.1) is 11.7 Å². The zero-order chi connectivity index (χ0) is 17.5. The molecule has 0 saturated heterocycles. The van der Waals surface area contributed by atoms with Gasteiger partial charge in [-0.3, -0.25) is 4.40 Å². The molecule has 1 saturated carbocycles. The van der Waals surface area contributed by atoms with Crippen LogP contribution in [0.2, 0.25) is 0 Å². The van der Waals surface area contributed by atoms with Gasteiger partial charge in [0.25, 0.3) is 0 Å². The van der Waals surface area contributed by atoms with Gasteiger partial charge in [0.15, 0.2) is 17.0 Å². The zero-order valence-corrected chi connectivity index (χ0v) is 13.8. The molecule has 4 aromatic heterocycles. The van der Waals surface area contributed by atoms with Gasteiger partial charge >= 0.3 is 0 Å². The minimum Gasteiger partial charge on any atom is -0.366 e. The molecule has 2 N–H and O–H groups in total. The van der Waals surface area contributed by atoms with E-state index in [9.17, 15) is 0 Å². The van der Waals surface area contributed by atoms with E-state index < -0.39 is 0 Å². The van der Waals surface area contributed by atoms with Crippen molar-refractivity contribution in [3.8, 4) is 6.07 Å². The first kappa shape index (κ1) is 14.8. The molecule has 9 nitrogen and oxygen atoms in total. The third-order valence-corrected chi connectivity index (χ3v) is 4.90. The predicted molar refractivity (Wildman–Crippen MR) is 93.4 cm³/mol. The minimum atomic E-state index is 0.290. The molecule has 4 heterocycles. The maximum atomic E-state index is 8.80. The topological polar surface area (TPSA) is 120 Å². The molecule has 0 amide bonds. The largest absolute Gasteiger partial charge is 0.366 e. The van der Waals surface area contributed by atoms with Crippen LogP contribution in [0.4, 0.5) is 5.82 Å². The molecule has 0 spiro atoms. The Morgan fingerprint density at radius 2 is 2.12 bits per heavy atom. The summed E-state index contributed by atoms with van der Waals surface area (Å²) in [6.45, 7) is 0. The van der Waals surface area contributed by atoms with E-state index in [1.54, 1.807) is 18.3 Å². The van der Waals surface area contributed by atoms with Gasteiger partial charge in [-0.05, 0) is 37.5 Å². The summed E-state index contributed by atoms with van der Waals surface area (Å²) in [5.41, 5.74) is 2.91. The summed E-state index contributed by atoms with van der Waals surface area (Å²) in [4.78, 5) is 7.50. The zero-order valence-electron chi connectivity index (χ0n) is 13.8. The van der Waals surface area contributed by atoms with Gasteiger partial charge in [0.2, 0.25) is 0 Å². The first-order valence-corrected chi connectivity index (χ1v) is 8.49. The van der Waals surface area contributed by atoms with Crippen molar-refractivity contribution in [2.24, 2.45) is 0 Å². The maximum Gasteiger partial charge on any atom is 0.179 e. The molecule has 1 aliphatic carbocycles. The van der Waals surface area contributed by atoms with E-state index in [0.29, 0.717) is 17.4 Å². The van der Waals surface area contributed by atoms with E-state index in [4.69, 9.17) is 5.26 Å². The van der Waals surface area contributed by atoms with Gasteiger partial charge in [-0.15, -0.1) is 20.4 Å². The van der Waals surface area contributed by atoms with Crippen molar-refractivity contribution in [1.82, 2.24) is 34.8 Å².